The number of carbonyl (C=O) groups is 2. The molecule has 0 saturated carbocycles. The average molecular weight is 393 g/mol. The standard InChI is InChI=1S/C18H24N4O2S2/c1-3-19-18-21-12(2)15(26-18)17(24)22-7-4-13(5-8-22)10-20-16(23)14-6-9-25-11-14/h6,9,11,13H,3-5,7-8,10H2,1-2H3,(H,19,21)(H,20,23). The Morgan fingerprint density at radius 3 is 2.77 bits per heavy atom. The van der Waals surface area contributed by atoms with Crippen LogP contribution in [0.15, 0.2) is 16.8 Å². The molecule has 0 spiro atoms. The van der Waals surface area contributed by atoms with Crippen molar-refractivity contribution in [2.75, 3.05) is 31.5 Å². The number of rotatable bonds is 6. The van der Waals surface area contributed by atoms with Gasteiger partial charge in [-0.3, -0.25) is 9.59 Å². The Hall–Kier alpha value is -1.93. The second kappa shape index (κ2) is 8.64. The van der Waals surface area contributed by atoms with E-state index in [1.165, 1.54) is 22.7 Å². The maximum absolute atomic E-state index is 12.8. The minimum Gasteiger partial charge on any atom is -0.362 e. The monoisotopic (exact) mass is 392 g/mol. The number of nitrogens with zero attached hydrogens (tertiary/aromatic N) is 2. The number of amides is 2. The van der Waals surface area contributed by atoms with E-state index in [9.17, 15) is 9.59 Å². The van der Waals surface area contributed by atoms with Crippen LogP contribution >= 0.6 is 22.7 Å². The van der Waals surface area contributed by atoms with Crippen LogP contribution in [0.3, 0.4) is 0 Å². The van der Waals surface area contributed by atoms with Crippen LogP contribution in [-0.2, 0) is 0 Å². The molecule has 26 heavy (non-hydrogen) atoms. The molecule has 140 valence electrons. The van der Waals surface area contributed by atoms with Crippen LogP contribution in [0.1, 0.15) is 45.5 Å². The Balaban J connectivity index is 1.48. The number of likely N-dealkylation sites (tertiary alicyclic amines) is 1. The zero-order valence-electron chi connectivity index (χ0n) is 15.1. The SMILES string of the molecule is CCNc1nc(C)c(C(=O)N2CCC(CNC(=O)c3ccsc3)CC2)s1. The van der Waals surface area contributed by atoms with Crippen molar-refractivity contribution in [2.45, 2.75) is 26.7 Å². The first-order valence-corrected chi connectivity index (χ1v) is 10.7. The predicted molar refractivity (Wildman–Crippen MR) is 106 cm³/mol. The number of hydrogen-bond acceptors (Lipinski definition) is 6. The van der Waals surface area contributed by atoms with Gasteiger partial charge in [0.2, 0.25) is 0 Å². The minimum atomic E-state index is -0.0130. The summed E-state index contributed by atoms with van der Waals surface area (Å²) in [5, 5.41) is 10.7. The highest BCUT2D eigenvalue weighted by atomic mass is 32.1. The molecule has 2 aromatic rings. The van der Waals surface area contributed by atoms with Crippen LogP contribution in [0, 0.1) is 12.8 Å². The van der Waals surface area contributed by atoms with E-state index in [-0.39, 0.29) is 11.8 Å². The normalized spacial score (nSPS) is 15.1. The van der Waals surface area contributed by atoms with E-state index in [0.717, 1.165) is 53.7 Å². The van der Waals surface area contributed by atoms with Gasteiger partial charge in [0.15, 0.2) is 5.13 Å². The van der Waals surface area contributed by atoms with E-state index in [1.54, 1.807) is 0 Å². The van der Waals surface area contributed by atoms with E-state index >= 15 is 0 Å². The summed E-state index contributed by atoms with van der Waals surface area (Å²) in [4.78, 5) is 31.8. The number of aryl methyl sites for hydroxylation is 1. The van der Waals surface area contributed by atoms with Crippen molar-refractivity contribution in [3.63, 3.8) is 0 Å². The summed E-state index contributed by atoms with van der Waals surface area (Å²) in [6.45, 7) is 6.82. The van der Waals surface area contributed by atoms with Gasteiger partial charge in [0, 0.05) is 37.1 Å². The molecule has 0 unspecified atom stereocenters. The largest absolute Gasteiger partial charge is 0.362 e. The Morgan fingerprint density at radius 2 is 2.12 bits per heavy atom. The molecule has 0 aromatic carbocycles. The van der Waals surface area contributed by atoms with Crippen LogP contribution in [0.5, 0.6) is 0 Å². The number of thiazole rings is 1. The molecule has 1 aliphatic heterocycles. The highest BCUT2D eigenvalue weighted by Gasteiger charge is 2.26. The first-order valence-electron chi connectivity index (χ1n) is 8.89. The zero-order chi connectivity index (χ0) is 18.5. The molecule has 8 heteroatoms. The number of nitrogens with one attached hydrogen (secondary N) is 2. The van der Waals surface area contributed by atoms with Gasteiger partial charge in [-0.2, -0.15) is 11.3 Å². The van der Waals surface area contributed by atoms with Crippen LogP contribution in [0.25, 0.3) is 0 Å². The second-order valence-electron chi connectivity index (χ2n) is 6.42. The Bertz CT molecular complexity index is 749. The minimum absolute atomic E-state index is 0.0130. The van der Waals surface area contributed by atoms with Gasteiger partial charge >= 0.3 is 0 Å². The Labute approximate surface area is 161 Å². The van der Waals surface area contributed by atoms with Gasteiger partial charge < -0.3 is 15.5 Å². The molecule has 3 rings (SSSR count). The van der Waals surface area contributed by atoms with Gasteiger partial charge in [0.05, 0.1) is 5.69 Å². The van der Waals surface area contributed by atoms with E-state index in [1.807, 2.05) is 35.6 Å². The van der Waals surface area contributed by atoms with E-state index in [2.05, 4.69) is 15.6 Å². The Kier molecular flexibility index (Phi) is 6.26. The molecule has 0 atom stereocenters. The van der Waals surface area contributed by atoms with Crippen LogP contribution in [0.4, 0.5) is 5.13 Å². The first kappa shape index (κ1) is 18.8. The van der Waals surface area contributed by atoms with E-state index in [0.29, 0.717) is 12.5 Å². The predicted octanol–water partition coefficient (Wildman–Crippen LogP) is 3.23. The molecule has 1 saturated heterocycles. The molecule has 0 aliphatic carbocycles. The molecule has 2 amide bonds. The fraction of sp³-hybridized carbons (Fsp3) is 0.500. The highest BCUT2D eigenvalue weighted by Crippen LogP contribution is 2.26. The van der Waals surface area contributed by atoms with E-state index in [4.69, 9.17) is 0 Å². The summed E-state index contributed by atoms with van der Waals surface area (Å²) in [5.74, 6) is 0.479. The molecular weight excluding hydrogens is 368 g/mol. The van der Waals surface area contributed by atoms with Gasteiger partial charge in [-0.25, -0.2) is 4.98 Å². The van der Waals surface area contributed by atoms with Gasteiger partial charge in [-0.1, -0.05) is 11.3 Å². The number of hydrogen-bond donors (Lipinski definition) is 2. The number of thiophene rings is 1. The summed E-state index contributed by atoms with van der Waals surface area (Å²) < 4.78 is 0. The van der Waals surface area contributed by atoms with Crippen molar-refractivity contribution in [1.29, 1.82) is 0 Å². The number of piperidine rings is 1. The summed E-state index contributed by atoms with van der Waals surface area (Å²) in [7, 11) is 0. The Morgan fingerprint density at radius 1 is 1.35 bits per heavy atom. The van der Waals surface area contributed by atoms with Crippen molar-refractivity contribution in [3.05, 3.63) is 33.0 Å². The number of anilines is 1. The number of carbonyl (C=O) groups excluding carboxylic acids is 2. The van der Waals surface area contributed by atoms with Crippen LogP contribution in [0.2, 0.25) is 0 Å². The number of aromatic nitrogens is 1. The molecule has 2 aromatic heterocycles. The van der Waals surface area contributed by atoms with Crippen molar-refractivity contribution < 1.29 is 9.59 Å². The molecule has 6 nitrogen and oxygen atoms in total. The summed E-state index contributed by atoms with van der Waals surface area (Å²) >= 11 is 2.95. The molecule has 0 radical (unpaired) electrons. The van der Waals surface area contributed by atoms with Crippen LogP contribution < -0.4 is 10.6 Å². The fourth-order valence-electron chi connectivity index (χ4n) is 3.04. The lowest BCUT2D eigenvalue weighted by molar-refractivity contribution is 0.0688. The van der Waals surface area contributed by atoms with Gasteiger partial charge in [-0.15, -0.1) is 0 Å². The van der Waals surface area contributed by atoms with Gasteiger partial charge in [-0.05, 0) is 44.1 Å². The van der Waals surface area contributed by atoms with Crippen molar-refractivity contribution >= 4 is 39.6 Å². The third kappa shape index (κ3) is 4.42. The van der Waals surface area contributed by atoms with E-state index < -0.39 is 0 Å². The fourth-order valence-corrected chi connectivity index (χ4v) is 4.68. The lowest BCUT2D eigenvalue weighted by atomic mass is 9.96. The zero-order valence-corrected chi connectivity index (χ0v) is 16.7. The molecule has 1 fully saturated rings. The van der Waals surface area contributed by atoms with Crippen LogP contribution in [-0.4, -0.2) is 47.9 Å². The average Bonchev–Trinajstić information content (AvgIpc) is 3.30. The maximum Gasteiger partial charge on any atom is 0.265 e. The highest BCUT2D eigenvalue weighted by molar-refractivity contribution is 7.17. The van der Waals surface area contributed by atoms with Crippen molar-refractivity contribution in [3.8, 4) is 0 Å². The summed E-state index contributed by atoms with van der Waals surface area (Å²) in [5.41, 5.74) is 1.51. The topological polar surface area (TPSA) is 74.3 Å². The summed E-state index contributed by atoms with van der Waals surface area (Å²) in [6, 6.07) is 1.83. The third-order valence-corrected chi connectivity index (χ3v) is 6.34. The van der Waals surface area contributed by atoms with Gasteiger partial charge in [0.25, 0.3) is 11.8 Å². The lowest BCUT2D eigenvalue weighted by Gasteiger charge is -2.31. The lowest BCUT2D eigenvalue weighted by Crippen LogP contribution is -2.41. The molecule has 1 aliphatic rings. The second-order valence-corrected chi connectivity index (χ2v) is 8.20. The smallest absolute Gasteiger partial charge is 0.265 e. The van der Waals surface area contributed by atoms with Crippen molar-refractivity contribution in [1.82, 2.24) is 15.2 Å². The first-order chi connectivity index (χ1) is 12.6. The quantitative estimate of drug-likeness (QED) is 0.792. The molecule has 2 N–H and O–H groups in total. The molecule has 0 bridgehead atoms. The van der Waals surface area contributed by atoms with Gasteiger partial charge in [0.1, 0.15) is 4.88 Å². The maximum atomic E-state index is 12.8. The summed E-state index contributed by atoms with van der Waals surface area (Å²) in [6.07, 6.45) is 1.82. The molecular formula is C18H24N4O2S2. The van der Waals surface area contributed by atoms with Crippen molar-refractivity contribution in [2.24, 2.45) is 5.92 Å². The third-order valence-electron chi connectivity index (χ3n) is 4.56. The molecule has 3 heterocycles.